The second kappa shape index (κ2) is 7.56. The molecule has 138 valence electrons. The first-order chi connectivity index (χ1) is 12.4. The van der Waals surface area contributed by atoms with Gasteiger partial charge in [0.1, 0.15) is 11.6 Å². The number of nitrogens with one attached hydrogen (secondary N) is 1. The number of hydroxylamine groups is 2. The van der Waals surface area contributed by atoms with Gasteiger partial charge in [0, 0.05) is 17.6 Å². The van der Waals surface area contributed by atoms with Crippen molar-refractivity contribution < 1.29 is 19.1 Å². The van der Waals surface area contributed by atoms with Crippen LogP contribution in [0.2, 0.25) is 0 Å². The number of aromatic nitrogens is 1. The molecule has 0 radical (unpaired) electrons. The Morgan fingerprint density at radius 3 is 2.81 bits per heavy atom. The fraction of sp³-hybridized carbons (Fsp3) is 0.294. The molecule has 1 amide bonds. The van der Waals surface area contributed by atoms with Crippen molar-refractivity contribution in [1.29, 1.82) is 0 Å². The van der Waals surface area contributed by atoms with E-state index in [0.29, 0.717) is 16.5 Å². The van der Waals surface area contributed by atoms with Crippen molar-refractivity contribution in [1.82, 2.24) is 9.63 Å². The molecule has 2 heterocycles. The van der Waals surface area contributed by atoms with Gasteiger partial charge in [0.25, 0.3) is 11.5 Å². The highest BCUT2D eigenvalue weighted by Gasteiger charge is 2.30. The summed E-state index contributed by atoms with van der Waals surface area (Å²) in [7, 11) is 1.50. The maximum Gasteiger partial charge on any atom is 0.281 e. The second-order valence-electron chi connectivity index (χ2n) is 5.75. The van der Waals surface area contributed by atoms with Gasteiger partial charge in [0.15, 0.2) is 0 Å². The molecule has 2 N–H and O–H groups in total. The molecule has 2 aromatic rings. The molecule has 1 aliphatic heterocycles. The molecule has 1 aromatic carbocycles. The van der Waals surface area contributed by atoms with Crippen LogP contribution < -0.4 is 10.9 Å². The van der Waals surface area contributed by atoms with Gasteiger partial charge in [-0.05, 0) is 30.2 Å². The number of amides is 1. The van der Waals surface area contributed by atoms with E-state index in [0.717, 1.165) is 5.06 Å². The van der Waals surface area contributed by atoms with E-state index in [9.17, 15) is 14.0 Å². The van der Waals surface area contributed by atoms with Gasteiger partial charge in [0.05, 0.1) is 31.0 Å². The summed E-state index contributed by atoms with van der Waals surface area (Å²) < 4.78 is 16.0. The number of fused-ring (bicyclic) bond motifs is 1. The van der Waals surface area contributed by atoms with Crippen molar-refractivity contribution in [3.63, 3.8) is 0 Å². The Bertz CT molecular complexity index is 916. The molecule has 9 heteroatoms. The summed E-state index contributed by atoms with van der Waals surface area (Å²) in [5.74, 6) is -0.785. The molecule has 0 aliphatic carbocycles. The molecule has 1 aromatic heterocycles. The monoisotopic (exact) mass is 425 g/mol. The Morgan fingerprint density at radius 2 is 2.12 bits per heavy atom. The van der Waals surface area contributed by atoms with Crippen LogP contribution in [0.25, 0.3) is 0 Å². The second-order valence-corrected chi connectivity index (χ2v) is 6.67. The van der Waals surface area contributed by atoms with E-state index in [1.165, 1.54) is 29.8 Å². The molecule has 0 bridgehead atoms. The minimum Gasteiger partial charge on any atom is -0.394 e. The Hall–Kier alpha value is -2.23. The SMILES string of the molecule is Cn1c(Nc2ccc(Br)cc2F)c2c(cc1=O)CCN(OCCO)C2=O. The predicted molar refractivity (Wildman–Crippen MR) is 96.8 cm³/mol. The fourth-order valence-electron chi connectivity index (χ4n) is 2.77. The Morgan fingerprint density at radius 1 is 1.35 bits per heavy atom. The van der Waals surface area contributed by atoms with Crippen molar-refractivity contribution in [3.8, 4) is 0 Å². The quantitative estimate of drug-likeness (QED) is 0.764. The average Bonchev–Trinajstić information content (AvgIpc) is 2.60. The number of pyridine rings is 1. The van der Waals surface area contributed by atoms with Crippen molar-refractivity contribution in [2.24, 2.45) is 7.05 Å². The molecular weight excluding hydrogens is 409 g/mol. The summed E-state index contributed by atoms with van der Waals surface area (Å²) in [6.45, 7) is 0.0289. The Labute approximate surface area is 157 Å². The highest BCUT2D eigenvalue weighted by Crippen LogP contribution is 2.29. The summed E-state index contributed by atoms with van der Waals surface area (Å²) in [6, 6.07) is 5.85. The molecule has 1 aliphatic rings. The first-order valence-corrected chi connectivity index (χ1v) is 8.72. The van der Waals surface area contributed by atoms with E-state index < -0.39 is 11.7 Å². The third-order valence-electron chi connectivity index (χ3n) is 4.07. The number of hydrogen-bond donors (Lipinski definition) is 2. The first-order valence-electron chi connectivity index (χ1n) is 7.93. The summed E-state index contributed by atoms with van der Waals surface area (Å²) in [5, 5.41) is 12.9. The number of carbonyl (C=O) groups excluding carboxylic acids is 1. The van der Waals surface area contributed by atoms with Crippen molar-refractivity contribution in [2.75, 3.05) is 25.1 Å². The highest BCUT2D eigenvalue weighted by molar-refractivity contribution is 9.10. The summed E-state index contributed by atoms with van der Waals surface area (Å²) in [5.41, 5.74) is 0.652. The smallest absolute Gasteiger partial charge is 0.281 e. The third kappa shape index (κ3) is 3.50. The van der Waals surface area contributed by atoms with Crippen LogP contribution in [-0.2, 0) is 18.3 Å². The number of rotatable bonds is 5. The van der Waals surface area contributed by atoms with Gasteiger partial charge < -0.3 is 10.4 Å². The van der Waals surface area contributed by atoms with Gasteiger partial charge in [-0.2, -0.15) is 0 Å². The molecule has 7 nitrogen and oxygen atoms in total. The van der Waals surface area contributed by atoms with Crippen LogP contribution >= 0.6 is 15.9 Å². The van der Waals surface area contributed by atoms with Gasteiger partial charge in [-0.3, -0.25) is 19.0 Å². The van der Waals surface area contributed by atoms with Gasteiger partial charge in [-0.15, -0.1) is 0 Å². The van der Waals surface area contributed by atoms with Crippen LogP contribution in [0, 0.1) is 5.82 Å². The zero-order valence-electron chi connectivity index (χ0n) is 14.0. The molecule has 0 spiro atoms. The van der Waals surface area contributed by atoms with Crippen LogP contribution in [0.4, 0.5) is 15.9 Å². The number of aliphatic hydroxyl groups excluding tert-OH is 1. The molecule has 26 heavy (non-hydrogen) atoms. The van der Waals surface area contributed by atoms with Crippen LogP contribution in [0.1, 0.15) is 15.9 Å². The van der Waals surface area contributed by atoms with Gasteiger partial charge >= 0.3 is 0 Å². The molecule has 0 saturated carbocycles. The number of halogens is 2. The molecule has 0 unspecified atom stereocenters. The molecular formula is C17H17BrFN3O4. The third-order valence-corrected chi connectivity index (χ3v) is 4.56. The molecule has 0 atom stereocenters. The topological polar surface area (TPSA) is 83.8 Å². The van der Waals surface area contributed by atoms with E-state index in [2.05, 4.69) is 21.2 Å². The van der Waals surface area contributed by atoms with E-state index in [1.54, 1.807) is 6.07 Å². The predicted octanol–water partition coefficient (Wildman–Crippen LogP) is 1.95. The number of anilines is 2. The summed E-state index contributed by atoms with van der Waals surface area (Å²) >= 11 is 3.19. The minimum atomic E-state index is -0.527. The van der Waals surface area contributed by atoms with Crippen LogP contribution in [-0.4, -0.2) is 40.4 Å². The number of aliphatic hydroxyl groups is 1. The molecule has 0 saturated heterocycles. The zero-order chi connectivity index (χ0) is 18.8. The van der Waals surface area contributed by atoms with E-state index in [1.807, 2.05) is 0 Å². The first kappa shape index (κ1) is 18.6. The zero-order valence-corrected chi connectivity index (χ0v) is 15.5. The Kier molecular flexibility index (Phi) is 5.40. The summed E-state index contributed by atoms with van der Waals surface area (Å²) in [6.07, 6.45) is 0.417. The van der Waals surface area contributed by atoms with Crippen LogP contribution in [0.3, 0.4) is 0 Å². The lowest BCUT2D eigenvalue weighted by atomic mass is 10.0. The van der Waals surface area contributed by atoms with E-state index >= 15 is 0 Å². The molecule has 0 fully saturated rings. The lowest BCUT2D eigenvalue weighted by Crippen LogP contribution is -2.40. The highest BCUT2D eigenvalue weighted by atomic mass is 79.9. The molecule has 3 rings (SSSR count). The normalized spacial score (nSPS) is 13.7. The van der Waals surface area contributed by atoms with Gasteiger partial charge in [-0.1, -0.05) is 15.9 Å². The van der Waals surface area contributed by atoms with Crippen LogP contribution in [0.5, 0.6) is 0 Å². The lowest BCUT2D eigenvalue weighted by molar-refractivity contribution is -0.132. The number of hydrogen-bond acceptors (Lipinski definition) is 5. The average molecular weight is 426 g/mol. The van der Waals surface area contributed by atoms with Crippen molar-refractivity contribution in [3.05, 3.63) is 56.0 Å². The standard InChI is InChI=1S/C17H17BrFN3O4/c1-21-14(24)8-10-4-5-22(26-7-6-23)17(25)15(10)16(21)20-13-3-2-11(18)9-12(13)19/h2-3,8-9,20,23H,4-7H2,1H3. The number of carbonyl (C=O) groups is 1. The lowest BCUT2D eigenvalue weighted by Gasteiger charge is -2.29. The van der Waals surface area contributed by atoms with Crippen molar-refractivity contribution in [2.45, 2.75) is 6.42 Å². The summed E-state index contributed by atoms with van der Waals surface area (Å²) in [4.78, 5) is 30.3. The van der Waals surface area contributed by atoms with Crippen molar-refractivity contribution >= 4 is 33.3 Å². The van der Waals surface area contributed by atoms with Crippen LogP contribution in [0.15, 0.2) is 33.5 Å². The van der Waals surface area contributed by atoms with E-state index in [-0.39, 0.29) is 42.4 Å². The fourth-order valence-corrected chi connectivity index (χ4v) is 3.10. The maximum absolute atomic E-state index is 14.2. The number of benzene rings is 1. The van der Waals surface area contributed by atoms with Gasteiger partial charge in [-0.25, -0.2) is 9.45 Å². The Balaban J connectivity index is 2.06. The van der Waals surface area contributed by atoms with Gasteiger partial charge in [0.2, 0.25) is 0 Å². The largest absolute Gasteiger partial charge is 0.394 e. The van der Waals surface area contributed by atoms with E-state index in [4.69, 9.17) is 9.94 Å². The maximum atomic E-state index is 14.2. The number of nitrogens with zero attached hydrogens (tertiary/aromatic N) is 2. The minimum absolute atomic E-state index is 0.0169.